The summed E-state index contributed by atoms with van der Waals surface area (Å²) in [5, 5.41) is 5.01. The van der Waals surface area contributed by atoms with Crippen LogP contribution in [0.5, 0.6) is 0 Å². The molecule has 5 nitrogen and oxygen atoms in total. The first-order valence-electron chi connectivity index (χ1n) is 5.59. The molecule has 16 heavy (non-hydrogen) atoms. The number of carbonyl (C=O) groups is 1. The molecule has 1 aliphatic heterocycles. The van der Waals surface area contributed by atoms with E-state index in [4.69, 9.17) is 5.14 Å². The first-order chi connectivity index (χ1) is 7.29. The zero-order valence-corrected chi connectivity index (χ0v) is 10.7. The molecule has 1 heterocycles. The van der Waals surface area contributed by atoms with Gasteiger partial charge in [-0.25, -0.2) is 13.6 Å². The number of rotatable bonds is 4. The van der Waals surface area contributed by atoms with Crippen LogP contribution in [0.2, 0.25) is 0 Å². The van der Waals surface area contributed by atoms with E-state index in [1.807, 2.05) is 13.8 Å². The highest BCUT2D eigenvalue weighted by atomic mass is 32.2. The van der Waals surface area contributed by atoms with Gasteiger partial charge in [0, 0.05) is 19.0 Å². The van der Waals surface area contributed by atoms with Gasteiger partial charge in [0.1, 0.15) is 0 Å². The summed E-state index contributed by atoms with van der Waals surface area (Å²) >= 11 is 0. The van der Waals surface area contributed by atoms with Crippen LogP contribution in [-0.2, 0) is 14.8 Å². The molecular weight excluding hydrogens is 228 g/mol. The molecule has 1 atom stereocenters. The van der Waals surface area contributed by atoms with Gasteiger partial charge in [0.15, 0.2) is 0 Å². The average molecular weight is 248 g/mol. The summed E-state index contributed by atoms with van der Waals surface area (Å²) in [6.07, 6.45) is 2.07. The normalized spacial score (nSPS) is 21.8. The molecule has 0 aromatic carbocycles. The van der Waals surface area contributed by atoms with Gasteiger partial charge in [-0.1, -0.05) is 13.8 Å². The molecule has 1 aliphatic rings. The topological polar surface area (TPSA) is 80.5 Å². The summed E-state index contributed by atoms with van der Waals surface area (Å²) in [7, 11) is -3.50. The predicted octanol–water partition coefficient (Wildman–Crippen LogP) is 0.312. The zero-order valence-electron chi connectivity index (χ0n) is 9.85. The van der Waals surface area contributed by atoms with E-state index < -0.39 is 10.0 Å². The molecule has 0 aromatic heterocycles. The van der Waals surface area contributed by atoms with Crippen molar-refractivity contribution in [3.8, 4) is 0 Å². The fraction of sp³-hybridized carbons (Fsp3) is 0.900. The summed E-state index contributed by atoms with van der Waals surface area (Å²) in [5.74, 6) is 0.223. The van der Waals surface area contributed by atoms with Gasteiger partial charge in [-0.3, -0.25) is 4.79 Å². The number of nitrogens with two attached hydrogens (primary N) is 1. The smallest absolute Gasteiger partial charge is 0.223 e. The number of primary sulfonamides is 1. The lowest BCUT2D eigenvalue weighted by atomic mass is 10.1. The van der Waals surface area contributed by atoms with Gasteiger partial charge in [0.05, 0.1) is 5.75 Å². The van der Waals surface area contributed by atoms with Crippen molar-refractivity contribution < 1.29 is 13.2 Å². The molecule has 6 heteroatoms. The third-order valence-electron chi connectivity index (χ3n) is 2.71. The van der Waals surface area contributed by atoms with Gasteiger partial charge in [-0.15, -0.1) is 0 Å². The minimum atomic E-state index is -3.50. The SMILES string of the molecule is CC(C)CC(=O)N1CCCC1CS(N)(=O)=O. The third kappa shape index (κ3) is 4.09. The molecule has 0 bridgehead atoms. The van der Waals surface area contributed by atoms with E-state index in [2.05, 4.69) is 0 Å². The highest BCUT2D eigenvalue weighted by molar-refractivity contribution is 7.89. The molecule has 1 saturated heterocycles. The van der Waals surface area contributed by atoms with Crippen molar-refractivity contribution in [2.24, 2.45) is 11.1 Å². The van der Waals surface area contributed by atoms with Crippen molar-refractivity contribution in [3.63, 3.8) is 0 Å². The Morgan fingerprint density at radius 3 is 2.62 bits per heavy atom. The van der Waals surface area contributed by atoms with Crippen molar-refractivity contribution in [3.05, 3.63) is 0 Å². The van der Waals surface area contributed by atoms with Gasteiger partial charge in [-0.05, 0) is 18.8 Å². The Labute approximate surface area is 97.0 Å². The predicted molar refractivity (Wildman–Crippen MR) is 62.2 cm³/mol. The van der Waals surface area contributed by atoms with E-state index in [1.165, 1.54) is 0 Å². The number of hydrogen-bond acceptors (Lipinski definition) is 3. The maximum atomic E-state index is 11.8. The fourth-order valence-electron chi connectivity index (χ4n) is 2.07. The number of hydrogen-bond donors (Lipinski definition) is 1. The molecular formula is C10H20N2O3S. The van der Waals surface area contributed by atoms with E-state index in [9.17, 15) is 13.2 Å². The van der Waals surface area contributed by atoms with Gasteiger partial charge < -0.3 is 4.90 Å². The van der Waals surface area contributed by atoms with Crippen molar-refractivity contribution in [1.29, 1.82) is 0 Å². The molecule has 0 saturated carbocycles. The van der Waals surface area contributed by atoms with Gasteiger partial charge in [0.2, 0.25) is 15.9 Å². The molecule has 1 fully saturated rings. The maximum Gasteiger partial charge on any atom is 0.223 e. The van der Waals surface area contributed by atoms with E-state index in [0.717, 1.165) is 12.8 Å². The third-order valence-corrected chi connectivity index (χ3v) is 3.55. The summed E-state index contributed by atoms with van der Waals surface area (Å²) < 4.78 is 22.0. The zero-order chi connectivity index (χ0) is 12.3. The van der Waals surface area contributed by atoms with Crippen LogP contribution in [0.1, 0.15) is 33.1 Å². The van der Waals surface area contributed by atoms with Crippen molar-refractivity contribution in [2.45, 2.75) is 39.2 Å². The Morgan fingerprint density at radius 1 is 1.50 bits per heavy atom. The van der Waals surface area contributed by atoms with Gasteiger partial charge >= 0.3 is 0 Å². The second kappa shape index (κ2) is 5.14. The fourth-order valence-corrected chi connectivity index (χ4v) is 2.95. The van der Waals surface area contributed by atoms with E-state index in [-0.39, 0.29) is 17.7 Å². The number of amides is 1. The van der Waals surface area contributed by atoms with E-state index in [1.54, 1.807) is 4.90 Å². The highest BCUT2D eigenvalue weighted by Gasteiger charge is 2.31. The molecule has 94 valence electrons. The van der Waals surface area contributed by atoms with Crippen LogP contribution in [0.25, 0.3) is 0 Å². The summed E-state index contributed by atoms with van der Waals surface area (Å²) in [5.41, 5.74) is 0. The van der Waals surface area contributed by atoms with Crippen molar-refractivity contribution in [2.75, 3.05) is 12.3 Å². The van der Waals surface area contributed by atoms with Crippen molar-refractivity contribution >= 4 is 15.9 Å². The average Bonchev–Trinajstić information content (AvgIpc) is 2.47. The molecule has 2 N–H and O–H groups in total. The first kappa shape index (κ1) is 13.4. The molecule has 1 unspecified atom stereocenters. The van der Waals surface area contributed by atoms with Crippen LogP contribution in [0.15, 0.2) is 0 Å². The molecule has 0 aromatic rings. The summed E-state index contributed by atoms with van der Waals surface area (Å²) in [4.78, 5) is 13.5. The minimum Gasteiger partial charge on any atom is -0.339 e. The highest BCUT2D eigenvalue weighted by Crippen LogP contribution is 2.20. The van der Waals surface area contributed by atoms with E-state index >= 15 is 0 Å². The standard InChI is InChI=1S/C10H20N2O3S/c1-8(2)6-10(13)12-5-3-4-9(12)7-16(11,14)15/h8-9H,3-7H2,1-2H3,(H2,11,14,15). The van der Waals surface area contributed by atoms with Gasteiger partial charge in [-0.2, -0.15) is 0 Å². The summed E-state index contributed by atoms with van der Waals surface area (Å²) in [6.45, 7) is 4.61. The van der Waals surface area contributed by atoms with Crippen LogP contribution < -0.4 is 5.14 Å². The lowest BCUT2D eigenvalue weighted by molar-refractivity contribution is -0.132. The van der Waals surface area contributed by atoms with Crippen LogP contribution in [0.4, 0.5) is 0 Å². The molecule has 0 spiro atoms. The molecule has 0 aliphatic carbocycles. The number of nitrogens with zero attached hydrogens (tertiary/aromatic N) is 1. The Kier molecular flexibility index (Phi) is 4.32. The van der Waals surface area contributed by atoms with Crippen LogP contribution >= 0.6 is 0 Å². The monoisotopic (exact) mass is 248 g/mol. The largest absolute Gasteiger partial charge is 0.339 e. The molecule has 0 radical (unpaired) electrons. The maximum absolute atomic E-state index is 11.8. The van der Waals surface area contributed by atoms with Gasteiger partial charge in [0.25, 0.3) is 0 Å². The Hall–Kier alpha value is -0.620. The lowest BCUT2D eigenvalue weighted by Gasteiger charge is -2.24. The first-order valence-corrected chi connectivity index (χ1v) is 7.31. The quantitative estimate of drug-likeness (QED) is 0.777. The molecule has 1 amide bonds. The number of sulfonamides is 1. The van der Waals surface area contributed by atoms with Crippen LogP contribution in [0, 0.1) is 5.92 Å². The Bertz CT molecular complexity index is 351. The Morgan fingerprint density at radius 2 is 2.12 bits per heavy atom. The minimum absolute atomic E-state index is 0.0427. The van der Waals surface area contributed by atoms with Crippen molar-refractivity contribution in [1.82, 2.24) is 4.90 Å². The van der Waals surface area contributed by atoms with E-state index in [0.29, 0.717) is 18.9 Å². The number of likely N-dealkylation sites (tertiary alicyclic amines) is 1. The lowest BCUT2D eigenvalue weighted by Crippen LogP contribution is -2.41. The van der Waals surface area contributed by atoms with Crippen LogP contribution in [0.3, 0.4) is 0 Å². The van der Waals surface area contributed by atoms with Crippen LogP contribution in [-0.4, -0.2) is 37.6 Å². The second-order valence-electron chi connectivity index (χ2n) is 4.81. The summed E-state index contributed by atoms with van der Waals surface area (Å²) in [6, 6.07) is -0.221. The Balaban J connectivity index is 2.62. The molecule has 1 rings (SSSR count). The second-order valence-corrected chi connectivity index (χ2v) is 6.47. The number of carbonyl (C=O) groups excluding carboxylic acids is 1.